The minimum Gasteiger partial charge on any atom is -0.343 e. The molecule has 0 atom stereocenters. The van der Waals surface area contributed by atoms with E-state index in [4.69, 9.17) is 0 Å². The molecule has 2 aromatic carbocycles. The van der Waals surface area contributed by atoms with Gasteiger partial charge >= 0.3 is 6.18 Å². The summed E-state index contributed by atoms with van der Waals surface area (Å²) in [5.41, 5.74) is 1.26. The zero-order chi connectivity index (χ0) is 22.7. The van der Waals surface area contributed by atoms with E-state index < -0.39 is 12.0 Å². The van der Waals surface area contributed by atoms with E-state index in [1.54, 1.807) is 59.5 Å². The highest BCUT2D eigenvalue weighted by Crippen LogP contribution is 2.33. The predicted octanol–water partition coefficient (Wildman–Crippen LogP) is 3.72. The van der Waals surface area contributed by atoms with Crippen LogP contribution in [-0.4, -0.2) is 45.9 Å². The van der Waals surface area contributed by atoms with Crippen molar-refractivity contribution in [2.75, 3.05) is 19.6 Å². The van der Waals surface area contributed by atoms with Crippen LogP contribution in [0.25, 0.3) is 11.0 Å². The normalized spacial score (nSPS) is 15.2. The van der Waals surface area contributed by atoms with E-state index >= 15 is 0 Å². The number of amides is 2. The number of piperidine rings is 1. The third-order valence-electron chi connectivity index (χ3n) is 5.75. The van der Waals surface area contributed by atoms with Gasteiger partial charge in [-0.05, 0) is 43.0 Å². The smallest absolute Gasteiger partial charge is 0.343 e. The van der Waals surface area contributed by atoms with Gasteiger partial charge in [-0.15, -0.1) is 0 Å². The molecule has 1 N–H and O–H groups in total. The fourth-order valence-electron chi connectivity index (χ4n) is 4.06. The first-order chi connectivity index (χ1) is 15.3. The summed E-state index contributed by atoms with van der Waals surface area (Å²) in [7, 11) is 0. The van der Waals surface area contributed by atoms with Crippen molar-refractivity contribution < 1.29 is 22.8 Å². The first kappa shape index (κ1) is 21.9. The SMILES string of the molecule is O=C(NCC(=O)N1CCC(Cn2c(C(F)(F)F)nc3ccccc32)CC1)c1ccccc1. The lowest BCUT2D eigenvalue weighted by Gasteiger charge is -2.32. The Kier molecular flexibility index (Phi) is 6.16. The van der Waals surface area contributed by atoms with Gasteiger partial charge in [0, 0.05) is 25.2 Å². The maximum absolute atomic E-state index is 13.5. The second-order valence-electron chi connectivity index (χ2n) is 7.91. The average molecular weight is 444 g/mol. The van der Waals surface area contributed by atoms with Crippen LogP contribution in [0.3, 0.4) is 0 Å². The van der Waals surface area contributed by atoms with Crippen LogP contribution < -0.4 is 5.32 Å². The lowest BCUT2D eigenvalue weighted by Crippen LogP contribution is -2.44. The number of halogens is 3. The Morgan fingerprint density at radius 2 is 1.66 bits per heavy atom. The van der Waals surface area contributed by atoms with E-state index in [2.05, 4.69) is 10.3 Å². The highest BCUT2D eigenvalue weighted by molar-refractivity contribution is 5.96. The van der Waals surface area contributed by atoms with Gasteiger partial charge in [-0.3, -0.25) is 9.59 Å². The number of fused-ring (bicyclic) bond motifs is 1. The number of hydrogen-bond acceptors (Lipinski definition) is 3. The quantitative estimate of drug-likeness (QED) is 0.652. The minimum atomic E-state index is -4.54. The van der Waals surface area contributed by atoms with Crippen molar-refractivity contribution >= 4 is 22.8 Å². The summed E-state index contributed by atoms with van der Waals surface area (Å²) in [5, 5.41) is 2.62. The van der Waals surface area contributed by atoms with Crippen LogP contribution in [0.4, 0.5) is 13.2 Å². The number of nitrogens with zero attached hydrogens (tertiary/aromatic N) is 3. The monoisotopic (exact) mass is 444 g/mol. The molecule has 1 fully saturated rings. The zero-order valence-corrected chi connectivity index (χ0v) is 17.3. The maximum atomic E-state index is 13.5. The van der Waals surface area contributed by atoms with Crippen LogP contribution >= 0.6 is 0 Å². The van der Waals surface area contributed by atoms with E-state index in [9.17, 15) is 22.8 Å². The molecule has 2 heterocycles. The molecule has 0 radical (unpaired) electrons. The van der Waals surface area contributed by atoms with Gasteiger partial charge in [-0.1, -0.05) is 30.3 Å². The molecule has 4 rings (SSSR count). The Hall–Kier alpha value is -3.36. The predicted molar refractivity (Wildman–Crippen MR) is 113 cm³/mol. The van der Waals surface area contributed by atoms with Crippen LogP contribution in [0.5, 0.6) is 0 Å². The van der Waals surface area contributed by atoms with E-state index in [1.165, 1.54) is 4.57 Å². The van der Waals surface area contributed by atoms with E-state index in [1.807, 2.05) is 0 Å². The molecule has 9 heteroatoms. The number of alkyl halides is 3. The molecule has 2 amide bonds. The van der Waals surface area contributed by atoms with Gasteiger partial charge in [0.25, 0.3) is 5.91 Å². The Morgan fingerprint density at radius 3 is 2.34 bits per heavy atom. The van der Waals surface area contributed by atoms with Crippen LogP contribution in [0.2, 0.25) is 0 Å². The largest absolute Gasteiger partial charge is 0.449 e. The van der Waals surface area contributed by atoms with Crippen molar-refractivity contribution in [3.05, 3.63) is 66.0 Å². The van der Waals surface area contributed by atoms with Crippen molar-refractivity contribution in [2.24, 2.45) is 5.92 Å². The number of imidazole rings is 1. The number of nitrogens with one attached hydrogen (secondary N) is 1. The highest BCUT2D eigenvalue weighted by Gasteiger charge is 2.38. The molecule has 0 aliphatic carbocycles. The van der Waals surface area contributed by atoms with Gasteiger partial charge in [0.05, 0.1) is 17.6 Å². The summed E-state index contributed by atoms with van der Waals surface area (Å²) < 4.78 is 41.8. The molecule has 1 aromatic heterocycles. The standard InChI is InChI=1S/C23H23F3N4O2/c24-23(25,26)22-28-18-8-4-5-9-19(18)30(22)15-16-10-12-29(13-11-16)20(31)14-27-21(32)17-6-2-1-3-7-17/h1-9,16H,10-15H2,(H,27,32). The molecule has 6 nitrogen and oxygen atoms in total. The summed E-state index contributed by atoms with van der Waals surface area (Å²) in [5.74, 6) is -1.41. The second kappa shape index (κ2) is 9.02. The summed E-state index contributed by atoms with van der Waals surface area (Å²) >= 11 is 0. The number of likely N-dealkylation sites (tertiary alicyclic amines) is 1. The fraction of sp³-hybridized carbons (Fsp3) is 0.348. The van der Waals surface area contributed by atoms with E-state index in [-0.39, 0.29) is 30.8 Å². The van der Waals surface area contributed by atoms with Crippen LogP contribution in [0.1, 0.15) is 29.0 Å². The Balaban J connectivity index is 1.34. The molecule has 1 aliphatic rings. The first-order valence-electron chi connectivity index (χ1n) is 10.5. The number of hydrogen-bond donors (Lipinski definition) is 1. The topological polar surface area (TPSA) is 67.2 Å². The molecule has 32 heavy (non-hydrogen) atoms. The molecular weight excluding hydrogens is 421 g/mol. The number of carbonyl (C=O) groups is 2. The van der Waals surface area contributed by atoms with Gasteiger partial charge in [0.2, 0.25) is 11.7 Å². The minimum absolute atomic E-state index is 0.00309. The highest BCUT2D eigenvalue weighted by atomic mass is 19.4. The summed E-state index contributed by atoms with van der Waals surface area (Å²) in [6.45, 7) is 0.974. The van der Waals surface area contributed by atoms with Crippen molar-refractivity contribution in [2.45, 2.75) is 25.6 Å². The molecule has 3 aromatic rings. The molecule has 0 bridgehead atoms. The summed E-state index contributed by atoms with van der Waals surface area (Å²) in [4.78, 5) is 30.0. The van der Waals surface area contributed by atoms with Gasteiger partial charge < -0.3 is 14.8 Å². The number of benzene rings is 2. The Bertz CT molecular complexity index is 1100. The third-order valence-corrected chi connectivity index (χ3v) is 5.75. The average Bonchev–Trinajstić information content (AvgIpc) is 3.17. The van der Waals surface area contributed by atoms with Crippen molar-refractivity contribution in [3.8, 4) is 0 Å². The van der Waals surface area contributed by atoms with Crippen molar-refractivity contribution in [1.82, 2.24) is 19.8 Å². The number of aromatic nitrogens is 2. The first-order valence-corrected chi connectivity index (χ1v) is 10.5. The molecule has 0 saturated carbocycles. The molecule has 168 valence electrons. The lowest BCUT2D eigenvalue weighted by atomic mass is 9.96. The van der Waals surface area contributed by atoms with Crippen LogP contribution in [0, 0.1) is 5.92 Å². The Labute approximate surface area is 183 Å². The van der Waals surface area contributed by atoms with Crippen LogP contribution in [-0.2, 0) is 17.5 Å². The molecule has 1 saturated heterocycles. The van der Waals surface area contributed by atoms with E-state index in [0.29, 0.717) is 42.5 Å². The fourth-order valence-corrected chi connectivity index (χ4v) is 4.06. The number of carbonyl (C=O) groups excluding carboxylic acids is 2. The van der Waals surface area contributed by atoms with Crippen molar-refractivity contribution in [3.63, 3.8) is 0 Å². The summed E-state index contributed by atoms with van der Waals surface area (Å²) in [6.07, 6.45) is -3.36. The second-order valence-corrected chi connectivity index (χ2v) is 7.91. The Morgan fingerprint density at radius 1 is 1.00 bits per heavy atom. The van der Waals surface area contributed by atoms with Gasteiger partial charge in [0.15, 0.2) is 0 Å². The maximum Gasteiger partial charge on any atom is 0.449 e. The summed E-state index contributed by atoms with van der Waals surface area (Å²) in [6, 6.07) is 15.2. The van der Waals surface area contributed by atoms with Crippen LogP contribution in [0.15, 0.2) is 54.6 Å². The van der Waals surface area contributed by atoms with Gasteiger partial charge in [-0.2, -0.15) is 13.2 Å². The third kappa shape index (κ3) is 4.76. The number of rotatable bonds is 5. The van der Waals surface area contributed by atoms with Crippen molar-refractivity contribution in [1.29, 1.82) is 0 Å². The molecular formula is C23H23F3N4O2. The molecule has 0 spiro atoms. The lowest BCUT2D eigenvalue weighted by molar-refractivity contribution is -0.147. The zero-order valence-electron chi connectivity index (χ0n) is 17.3. The van der Waals surface area contributed by atoms with Gasteiger partial charge in [-0.25, -0.2) is 4.98 Å². The number of para-hydroxylation sites is 2. The molecule has 0 unspecified atom stereocenters. The van der Waals surface area contributed by atoms with E-state index in [0.717, 1.165) is 0 Å². The molecule has 1 aliphatic heterocycles. The van der Waals surface area contributed by atoms with Gasteiger partial charge in [0.1, 0.15) is 0 Å².